The molecule has 0 radical (unpaired) electrons. The quantitative estimate of drug-likeness (QED) is 0.198. The lowest BCUT2D eigenvalue weighted by molar-refractivity contribution is 0.597. The summed E-state index contributed by atoms with van der Waals surface area (Å²) in [6, 6.07) is 0. The van der Waals surface area contributed by atoms with Crippen molar-refractivity contribution in [1.82, 2.24) is 5.43 Å². The van der Waals surface area contributed by atoms with Crippen molar-refractivity contribution in [2.75, 3.05) is 12.8 Å². The Morgan fingerprint density at radius 2 is 2.09 bits per heavy atom. The van der Waals surface area contributed by atoms with Crippen molar-refractivity contribution in [3.05, 3.63) is 0 Å². The van der Waals surface area contributed by atoms with Gasteiger partial charge in [0.15, 0.2) is 0 Å². The zero-order chi connectivity index (χ0) is 9.11. The van der Waals surface area contributed by atoms with E-state index in [1.54, 1.807) is 6.26 Å². The Morgan fingerprint density at radius 3 is 2.45 bits per heavy atom. The summed E-state index contributed by atoms with van der Waals surface area (Å²) < 4.78 is 0. The van der Waals surface area contributed by atoms with Crippen LogP contribution in [0.3, 0.4) is 0 Å². The molecule has 0 bridgehead atoms. The van der Waals surface area contributed by atoms with Crippen molar-refractivity contribution in [3.8, 4) is 0 Å². The molecule has 0 aliphatic heterocycles. The minimum absolute atomic E-state index is 0.722. The van der Waals surface area contributed by atoms with Gasteiger partial charge >= 0.3 is 0 Å². The molecule has 3 N–H and O–H groups in total. The third-order valence-corrected chi connectivity index (χ3v) is 1.00. The first-order chi connectivity index (χ1) is 5.27. The second-order valence-corrected chi connectivity index (χ2v) is 2.38. The van der Waals surface area contributed by atoms with Gasteiger partial charge in [-0.2, -0.15) is 12.6 Å². The van der Waals surface area contributed by atoms with E-state index in [1.807, 2.05) is 0 Å². The molecule has 0 saturated heterocycles. The zero-order valence-electron chi connectivity index (χ0n) is 7.54. The van der Waals surface area contributed by atoms with E-state index in [9.17, 15) is 0 Å². The molecule has 0 aromatic carbocycles. The number of hydrogen-bond donors (Lipinski definition) is 3. The largest absolute Gasteiger partial charge is 0.315 e. The van der Waals surface area contributed by atoms with Gasteiger partial charge in [-0.25, -0.2) is 5.84 Å². The van der Waals surface area contributed by atoms with Gasteiger partial charge in [0.2, 0.25) is 0 Å². The summed E-state index contributed by atoms with van der Waals surface area (Å²) >= 11 is 3.53. The van der Waals surface area contributed by atoms with Crippen LogP contribution < -0.4 is 11.3 Å². The fourth-order valence-electron chi connectivity index (χ4n) is 0.450. The highest BCUT2D eigenvalue weighted by Crippen LogP contribution is 1.97. The molecule has 0 aliphatic rings. The maximum atomic E-state index is 4.95. The maximum absolute atomic E-state index is 4.95. The highest BCUT2D eigenvalue weighted by atomic mass is 32.1. The van der Waals surface area contributed by atoms with Gasteiger partial charge in [-0.15, -0.1) is 0 Å². The molecule has 0 aromatic heterocycles. The van der Waals surface area contributed by atoms with Crippen LogP contribution in [-0.2, 0) is 0 Å². The topological polar surface area (TPSA) is 50.4 Å². The number of nitrogens with one attached hydrogen (secondary N) is 1. The van der Waals surface area contributed by atoms with Crippen LogP contribution in [0.4, 0.5) is 0 Å². The van der Waals surface area contributed by atoms with Crippen LogP contribution in [0.25, 0.3) is 0 Å². The number of aliphatic imine (C=N–C) groups is 1. The third-order valence-electron chi connectivity index (χ3n) is 1.00. The second-order valence-electron chi connectivity index (χ2n) is 2.38. The molecule has 0 aliphatic carbocycles. The Hall–Kier alpha value is -0.220. The van der Waals surface area contributed by atoms with Crippen LogP contribution in [0.15, 0.2) is 4.99 Å². The number of nitrogens with zero attached hydrogens (tertiary/aromatic N) is 1. The number of nitrogens with two attached hydrogens (primary N) is 1. The second kappa shape index (κ2) is 12.5. The van der Waals surface area contributed by atoms with E-state index < -0.39 is 0 Å². The molecule has 0 atom stereocenters. The predicted octanol–water partition coefficient (Wildman–Crippen LogP) is 1.07. The normalized spacial score (nSPS) is 9.64. The molecule has 0 heterocycles. The van der Waals surface area contributed by atoms with E-state index >= 15 is 0 Å². The third kappa shape index (κ3) is 17.7. The Kier molecular flexibility index (Phi) is 15.1. The molecule has 4 heteroatoms. The zero-order valence-corrected chi connectivity index (χ0v) is 8.44. The van der Waals surface area contributed by atoms with E-state index in [2.05, 4.69) is 36.9 Å². The van der Waals surface area contributed by atoms with Gasteiger partial charge in [0.05, 0.1) is 6.34 Å². The van der Waals surface area contributed by atoms with Crippen molar-refractivity contribution in [3.63, 3.8) is 0 Å². The van der Waals surface area contributed by atoms with Gasteiger partial charge in [0.1, 0.15) is 0 Å². The van der Waals surface area contributed by atoms with Gasteiger partial charge in [-0.05, 0) is 18.6 Å². The van der Waals surface area contributed by atoms with Crippen LogP contribution in [0.1, 0.15) is 20.3 Å². The molecular formula is C7H19N3S. The molecule has 0 amide bonds. The molecule has 0 rings (SSSR count). The Bertz CT molecular complexity index is 83.8. The summed E-state index contributed by atoms with van der Waals surface area (Å²) in [5.41, 5.74) is 2.35. The van der Waals surface area contributed by atoms with Gasteiger partial charge in [0, 0.05) is 6.54 Å². The summed E-state index contributed by atoms with van der Waals surface area (Å²) in [5, 5.41) is 0. The highest BCUT2D eigenvalue weighted by molar-refractivity contribution is 7.79. The number of hydrazine groups is 1. The smallest absolute Gasteiger partial charge is 0.0964 e. The molecule has 0 aromatic rings. The van der Waals surface area contributed by atoms with Crippen molar-refractivity contribution in [2.45, 2.75) is 20.3 Å². The fraction of sp³-hybridized carbons (Fsp3) is 0.857. The van der Waals surface area contributed by atoms with Gasteiger partial charge < -0.3 is 5.43 Å². The number of rotatable bonds is 4. The predicted molar refractivity (Wildman–Crippen MR) is 55.0 cm³/mol. The molecule has 0 spiro atoms. The summed E-state index contributed by atoms with van der Waals surface area (Å²) in [6.07, 6.45) is 4.33. The Balaban J connectivity index is 0. The fourth-order valence-corrected chi connectivity index (χ4v) is 0.450. The molecule has 3 nitrogen and oxygen atoms in total. The van der Waals surface area contributed by atoms with E-state index in [1.165, 1.54) is 6.34 Å². The lowest BCUT2D eigenvalue weighted by atomic mass is 10.1. The van der Waals surface area contributed by atoms with Crippen LogP contribution in [-0.4, -0.2) is 19.1 Å². The molecule has 0 unspecified atom stereocenters. The van der Waals surface area contributed by atoms with Crippen molar-refractivity contribution in [2.24, 2.45) is 16.8 Å². The average molecular weight is 177 g/mol. The van der Waals surface area contributed by atoms with Crippen LogP contribution >= 0.6 is 12.6 Å². The number of thiol groups is 1. The highest BCUT2D eigenvalue weighted by Gasteiger charge is 1.88. The minimum atomic E-state index is 0.722. The Labute approximate surface area is 74.8 Å². The van der Waals surface area contributed by atoms with E-state index in [-0.39, 0.29) is 0 Å². The summed E-state index contributed by atoms with van der Waals surface area (Å²) in [5.74, 6) is 5.67. The van der Waals surface area contributed by atoms with Gasteiger partial charge in [-0.1, -0.05) is 13.8 Å². The molecular weight excluding hydrogens is 158 g/mol. The molecule has 68 valence electrons. The van der Waals surface area contributed by atoms with Crippen LogP contribution in [0.5, 0.6) is 0 Å². The maximum Gasteiger partial charge on any atom is 0.0964 e. The van der Waals surface area contributed by atoms with Gasteiger partial charge in [-0.3, -0.25) is 4.99 Å². The minimum Gasteiger partial charge on any atom is -0.315 e. The summed E-state index contributed by atoms with van der Waals surface area (Å²) in [4.78, 5) is 3.97. The first-order valence-corrected chi connectivity index (χ1v) is 4.56. The first kappa shape index (κ1) is 13.4. The van der Waals surface area contributed by atoms with Gasteiger partial charge in [0.25, 0.3) is 0 Å². The Morgan fingerprint density at radius 1 is 1.55 bits per heavy atom. The molecule has 0 fully saturated rings. The van der Waals surface area contributed by atoms with E-state index in [4.69, 9.17) is 5.84 Å². The average Bonchev–Trinajstić information content (AvgIpc) is 2.02. The lowest BCUT2D eigenvalue weighted by Gasteiger charge is -1.97. The number of hydrogen-bond acceptors (Lipinski definition) is 3. The molecule has 0 saturated carbocycles. The van der Waals surface area contributed by atoms with Crippen molar-refractivity contribution < 1.29 is 0 Å². The van der Waals surface area contributed by atoms with Crippen LogP contribution in [0.2, 0.25) is 0 Å². The summed E-state index contributed by atoms with van der Waals surface area (Å²) in [6.45, 7) is 5.21. The van der Waals surface area contributed by atoms with E-state index in [0.717, 1.165) is 18.9 Å². The lowest BCUT2D eigenvalue weighted by Crippen LogP contribution is -2.19. The molecule has 11 heavy (non-hydrogen) atoms. The standard InChI is InChI=1S/C6H15N3.CH4S/c1-6(2)3-4-8-5-9-7;1-2/h5-6H,3-4,7H2,1-2H3,(H,8,9);2H,1H3. The van der Waals surface area contributed by atoms with E-state index in [0.29, 0.717) is 0 Å². The first-order valence-electron chi connectivity index (χ1n) is 3.66. The summed E-state index contributed by atoms with van der Waals surface area (Å²) in [7, 11) is 0. The monoisotopic (exact) mass is 177 g/mol. The van der Waals surface area contributed by atoms with Crippen molar-refractivity contribution >= 4 is 19.0 Å². The van der Waals surface area contributed by atoms with Crippen LogP contribution in [0, 0.1) is 5.92 Å². The SMILES string of the molecule is CC(C)CCN=CNN.CS. The van der Waals surface area contributed by atoms with Crippen molar-refractivity contribution in [1.29, 1.82) is 0 Å².